The lowest BCUT2D eigenvalue weighted by Gasteiger charge is -2.33. The van der Waals surface area contributed by atoms with E-state index in [2.05, 4.69) is 22.5 Å². The molecule has 0 bridgehead atoms. The van der Waals surface area contributed by atoms with Gasteiger partial charge in [0.05, 0.1) is 10.5 Å². The third-order valence-electron chi connectivity index (χ3n) is 6.94. The highest BCUT2D eigenvalue weighted by Gasteiger charge is 2.29. The molecule has 0 unspecified atom stereocenters. The lowest BCUT2D eigenvalue weighted by atomic mass is 9.85. The van der Waals surface area contributed by atoms with Crippen molar-refractivity contribution >= 4 is 28.3 Å². The van der Waals surface area contributed by atoms with Crippen molar-refractivity contribution in [2.24, 2.45) is 5.92 Å². The maximum atomic E-state index is 12.2. The van der Waals surface area contributed by atoms with Crippen LogP contribution in [0.15, 0.2) is 36.2 Å². The topological polar surface area (TPSA) is 25.2 Å². The molecule has 1 aromatic carbocycles. The van der Waals surface area contributed by atoms with Gasteiger partial charge in [0.15, 0.2) is 5.78 Å². The summed E-state index contributed by atoms with van der Waals surface area (Å²) in [4.78, 5) is 14.8. The summed E-state index contributed by atoms with van der Waals surface area (Å²) in [6.07, 6.45) is 15.0. The highest BCUT2D eigenvalue weighted by Crippen LogP contribution is 2.35. The second-order valence-electron chi connectivity index (χ2n) is 8.86. The zero-order valence-corrected chi connectivity index (χ0v) is 18.5. The van der Waals surface area contributed by atoms with Crippen LogP contribution in [-0.2, 0) is 6.54 Å². The van der Waals surface area contributed by atoms with Gasteiger partial charge in [-0.3, -0.25) is 4.79 Å². The Morgan fingerprint density at radius 2 is 1.97 bits per heavy atom. The summed E-state index contributed by atoms with van der Waals surface area (Å²) in [5.41, 5.74) is 3.30. The average Bonchev–Trinajstić information content (AvgIpc) is 3.33. The van der Waals surface area contributed by atoms with Crippen LogP contribution >= 0.6 is 11.6 Å². The summed E-state index contributed by atoms with van der Waals surface area (Å²) in [6, 6.07) is 6.35. The number of para-hydroxylation sites is 1. The number of likely N-dealkylation sites (tertiary alicyclic amines) is 1. The summed E-state index contributed by atoms with van der Waals surface area (Å²) in [7, 11) is 0. The van der Waals surface area contributed by atoms with Crippen LogP contribution < -0.4 is 0 Å². The lowest BCUT2D eigenvalue weighted by Crippen LogP contribution is -2.33. The number of hydrogen-bond donors (Lipinski definition) is 0. The van der Waals surface area contributed by atoms with E-state index in [0.29, 0.717) is 6.04 Å². The van der Waals surface area contributed by atoms with E-state index >= 15 is 0 Å². The largest absolute Gasteiger partial charge is 0.370 e. The van der Waals surface area contributed by atoms with E-state index in [1.807, 2.05) is 24.4 Å². The highest BCUT2D eigenvalue weighted by molar-refractivity contribution is 6.35. The van der Waals surface area contributed by atoms with Crippen molar-refractivity contribution in [3.63, 3.8) is 0 Å². The number of rotatable bonds is 6. The maximum absolute atomic E-state index is 12.2. The quantitative estimate of drug-likeness (QED) is 0.485. The van der Waals surface area contributed by atoms with Crippen LogP contribution in [-0.4, -0.2) is 27.8 Å². The predicted octanol–water partition coefficient (Wildman–Crippen LogP) is 6.84. The van der Waals surface area contributed by atoms with Gasteiger partial charge in [0.25, 0.3) is 0 Å². The van der Waals surface area contributed by atoms with Crippen molar-refractivity contribution in [3.8, 4) is 0 Å². The first-order valence-corrected chi connectivity index (χ1v) is 11.7. The number of ketones is 1. The maximum Gasteiger partial charge on any atom is 0.161 e. The number of hydrogen-bond acceptors (Lipinski definition) is 2. The first-order valence-electron chi connectivity index (χ1n) is 11.3. The molecule has 1 atom stereocenters. The molecule has 2 aromatic rings. The van der Waals surface area contributed by atoms with Gasteiger partial charge in [-0.2, -0.15) is 0 Å². The van der Waals surface area contributed by atoms with Crippen LogP contribution in [0, 0.1) is 5.92 Å². The van der Waals surface area contributed by atoms with Gasteiger partial charge in [0, 0.05) is 42.0 Å². The third kappa shape index (κ3) is 4.26. The molecule has 4 heteroatoms. The standard InChI is InChI=1S/C25H33ClN2O/c1-3-20(15-19-9-5-4-6-10-19)28-14-8-11-21(28)16-27-17-23(18(2)29)22-12-7-13-24(26)25(22)27/h3,7,12-13,17,19,21H,4-6,8-11,14-16H2,1-2H3/b20-3+/t21-/m0/s1. The van der Waals surface area contributed by atoms with Crippen molar-refractivity contribution < 1.29 is 4.79 Å². The van der Waals surface area contributed by atoms with E-state index in [1.54, 1.807) is 6.92 Å². The molecular weight excluding hydrogens is 380 g/mol. The van der Waals surface area contributed by atoms with Gasteiger partial charge in [-0.15, -0.1) is 0 Å². The smallest absolute Gasteiger partial charge is 0.161 e. The number of allylic oxidation sites excluding steroid dienone is 2. The molecule has 156 valence electrons. The molecule has 0 radical (unpaired) electrons. The minimum atomic E-state index is 0.103. The Hall–Kier alpha value is -1.74. The van der Waals surface area contributed by atoms with Crippen LogP contribution in [0.2, 0.25) is 5.02 Å². The fourth-order valence-electron chi connectivity index (χ4n) is 5.46. The Morgan fingerprint density at radius 1 is 1.17 bits per heavy atom. The summed E-state index contributed by atoms with van der Waals surface area (Å²) >= 11 is 6.56. The number of carbonyl (C=O) groups is 1. The van der Waals surface area contributed by atoms with Crippen LogP contribution in [0.5, 0.6) is 0 Å². The zero-order valence-electron chi connectivity index (χ0n) is 17.8. The Labute approximate surface area is 179 Å². The molecule has 1 aromatic heterocycles. The lowest BCUT2D eigenvalue weighted by molar-refractivity contribution is 0.101. The van der Waals surface area contributed by atoms with Crippen molar-refractivity contribution in [3.05, 3.63) is 46.8 Å². The number of aromatic nitrogens is 1. The van der Waals surface area contributed by atoms with E-state index in [9.17, 15) is 4.79 Å². The monoisotopic (exact) mass is 412 g/mol. The van der Waals surface area contributed by atoms with Crippen LogP contribution in [0.1, 0.15) is 75.6 Å². The predicted molar refractivity (Wildman–Crippen MR) is 122 cm³/mol. The molecule has 2 aliphatic rings. The molecule has 29 heavy (non-hydrogen) atoms. The molecule has 3 nitrogen and oxygen atoms in total. The minimum absolute atomic E-state index is 0.103. The van der Waals surface area contributed by atoms with Gasteiger partial charge in [-0.05, 0) is 45.1 Å². The number of nitrogens with zero attached hydrogens (tertiary/aromatic N) is 2. The number of benzene rings is 1. The van der Waals surface area contributed by atoms with Crippen LogP contribution in [0.3, 0.4) is 0 Å². The van der Waals surface area contributed by atoms with E-state index in [0.717, 1.165) is 40.5 Å². The van der Waals surface area contributed by atoms with Gasteiger partial charge in [-0.1, -0.05) is 61.9 Å². The molecule has 0 amide bonds. The second kappa shape index (κ2) is 8.95. The fraction of sp³-hybridized carbons (Fsp3) is 0.560. The molecule has 4 rings (SSSR count). The molecule has 2 fully saturated rings. The molecule has 2 heterocycles. The van der Waals surface area contributed by atoms with Crippen molar-refractivity contribution in [2.75, 3.05) is 6.54 Å². The molecule has 0 N–H and O–H groups in total. The molecular formula is C25H33ClN2O. The van der Waals surface area contributed by atoms with Gasteiger partial charge < -0.3 is 9.47 Å². The summed E-state index contributed by atoms with van der Waals surface area (Å²) in [6.45, 7) is 5.87. The summed E-state index contributed by atoms with van der Waals surface area (Å²) in [5.74, 6) is 0.952. The molecule has 1 aliphatic carbocycles. The normalized spacial score (nSPS) is 21.3. The van der Waals surface area contributed by atoms with Gasteiger partial charge >= 0.3 is 0 Å². The second-order valence-corrected chi connectivity index (χ2v) is 9.27. The first-order chi connectivity index (χ1) is 14.1. The summed E-state index contributed by atoms with van der Waals surface area (Å²) < 4.78 is 2.23. The molecule has 1 saturated carbocycles. The SMILES string of the molecule is C/C=C(\CC1CCCCC1)N1CCC[C@H]1Cn1cc(C(C)=O)c2cccc(Cl)c21. The van der Waals surface area contributed by atoms with Crippen molar-refractivity contribution in [1.82, 2.24) is 9.47 Å². The van der Waals surface area contributed by atoms with Crippen molar-refractivity contribution in [1.29, 1.82) is 0 Å². The Balaban J connectivity index is 1.58. The van der Waals surface area contributed by atoms with Gasteiger partial charge in [-0.25, -0.2) is 0 Å². The number of carbonyl (C=O) groups excluding carboxylic acids is 1. The fourth-order valence-corrected chi connectivity index (χ4v) is 5.74. The van der Waals surface area contributed by atoms with E-state index in [1.165, 1.54) is 57.1 Å². The van der Waals surface area contributed by atoms with Gasteiger partial charge in [0.2, 0.25) is 0 Å². The van der Waals surface area contributed by atoms with Crippen molar-refractivity contribution in [2.45, 2.75) is 77.8 Å². The first kappa shape index (κ1) is 20.5. The molecule has 0 spiro atoms. The number of halogens is 1. The molecule has 1 saturated heterocycles. The van der Waals surface area contributed by atoms with Gasteiger partial charge in [0.1, 0.15) is 0 Å². The summed E-state index contributed by atoms with van der Waals surface area (Å²) in [5, 5.41) is 1.70. The van der Waals surface area contributed by atoms with Crippen LogP contribution in [0.25, 0.3) is 10.9 Å². The van der Waals surface area contributed by atoms with E-state index < -0.39 is 0 Å². The number of Topliss-reactive ketones (excluding diaryl/α,β-unsaturated/α-hetero) is 1. The zero-order chi connectivity index (χ0) is 20.4. The Morgan fingerprint density at radius 3 is 2.69 bits per heavy atom. The molecule has 1 aliphatic heterocycles. The van der Waals surface area contributed by atoms with Crippen LogP contribution in [0.4, 0.5) is 0 Å². The Bertz CT molecular complexity index is 907. The minimum Gasteiger partial charge on any atom is -0.370 e. The average molecular weight is 413 g/mol. The number of fused-ring (bicyclic) bond motifs is 1. The Kier molecular flexibility index (Phi) is 6.34. The van der Waals surface area contributed by atoms with E-state index in [-0.39, 0.29) is 5.78 Å². The third-order valence-corrected chi connectivity index (χ3v) is 7.24. The highest BCUT2D eigenvalue weighted by atomic mass is 35.5. The van der Waals surface area contributed by atoms with E-state index in [4.69, 9.17) is 11.6 Å².